The second-order valence-corrected chi connectivity index (χ2v) is 19.2. The highest BCUT2D eigenvalue weighted by Crippen LogP contribution is 2.49. The van der Waals surface area contributed by atoms with Crippen molar-refractivity contribution in [3.63, 3.8) is 0 Å². The fraction of sp³-hybridized carbons (Fsp3) is 0.516. The molecule has 1 aromatic carbocycles. The number of ether oxygens (including phenoxy) is 1. The number of rotatable bonds is 9. The van der Waals surface area contributed by atoms with Crippen LogP contribution in [0.15, 0.2) is 36.5 Å². The number of amides is 1. The number of hydrogen-bond donors (Lipinski definition) is 2. The molecule has 42 heavy (non-hydrogen) atoms. The molecular weight excluding hydrogens is 554 g/mol. The molecule has 0 unspecified atom stereocenters. The molecule has 1 saturated heterocycles. The van der Waals surface area contributed by atoms with Gasteiger partial charge in [0.15, 0.2) is 0 Å². The predicted octanol–water partition coefficient (Wildman–Crippen LogP) is 6.80. The first kappa shape index (κ1) is 28.9. The van der Waals surface area contributed by atoms with Crippen molar-refractivity contribution in [2.45, 2.75) is 77.5 Å². The van der Waals surface area contributed by atoms with Gasteiger partial charge in [-0.2, -0.15) is 5.10 Å². The molecule has 1 spiro atoms. The standard InChI is InChI=1S/C31H40F2N6O2Si/c1-21-25-14-22(5-6-26(25)37-36-21)29(40)35-28-15-27-23(16-34-28)13-24(39(27)20-41-11-12-42(2,3)4)17-38-18-30(19-38)7-9-31(32,33)10-8-30/h5-6,13-16H,7-12,17-20H2,1-4H3,(H,36,37)(H,34,35,40). The van der Waals surface area contributed by atoms with Crippen LogP contribution in [0.5, 0.6) is 0 Å². The Bertz CT molecular complexity index is 1610. The van der Waals surface area contributed by atoms with Gasteiger partial charge in [-0.15, -0.1) is 0 Å². The van der Waals surface area contributed by atoms with Crippen molar-refractivity contribution < 1.29 is 18.3 Å². The van der Waals surface area contributed by atoms with Crippen LogP contribution in [0.4, 0.5) is 14.6 Å². The Kier molecular flexibility index (Phi) is 7.47. The van der Waals surface area contributed by atoms with Gasteiger partial charge in [0.2, 0.25) is 5.92 Å². The van der Waals surface area contributed by atoms with Gasteiger partial charge in [0.25, 0.3) is 5.91 Å². The van der Waals surface area contributed by atoms with E-state index >= 15 is 0 Å². The Balaban J connectivity index is 1.20. The molecule has 0 radical (unpaired) electrons. The van der Waals surface area contributed by atoms with Gasteiger partial charge in [-0.1, -0.05) is 19.6 Å². The molecular formula is C31H40F2N6O2Si. The molecule has 1 aliphatic heterocycles. The fourth-order valence-corrected chi connectivity index (χ4v) is 7.03. The number of carbonyl (C=O) groups is 1. The smallest absolute Gasteiger partial charge is 0.256 e. The molecule has 11 heteroatoms. The highest BCUT2D eigenvalue weighted by atomic mass is 28.3. The van der Waals surface area contributed by atoms with Gasteiger partial charge in [-0.3, -0.25) is 14.8 Å². The monoisotopic (exact) mass is 594 g/mol. The lowest BCUT2D eigenvalue weighted by Crippen LogP contribution is -2.58. The molecule has 4 aromatic rings. The van der Waals surface area contributed by atoms with Crippen LogP contribution >= 0.6 is 0 Å². The third-order valence-electron chi connectivity index (χ3n) is 8.88. The number of likely N-dealkylation sites (tertiary alicyclic amines) is 1. The van der Waals surface area contributed by atoms with E-state index in [9.17, 15) is 13.6 Å². The van der Waals surface area contributed by atoms with Crippen molar-refractivity contribution >= 4 is 41.6 Å². The number of halogens is 2. The Morgan fingerprint density at radius 3 is 2.62 bits per heavy atom. The molecule has 6 rings (SSSR count). The first-order chi connectivity index (χ1) is 19.9. The minimum absolute atomic E-state index is 0.00173. The van der Waals surface area contributed by atoms with E-state index in [1.807, 2.05) is 25.1 Å². The summed E-state index contributed by atoms with van der Waals surface area (Å²) in [5, 5.41) is 12.0. The van der Waals surface area contributed by atoms with E-state index in [0.29, 0.717) is 37.6 Å². The van der Waals surface area contributed by atoms with Crippen LogP contribution < -0.4 is 5.32 Å². The van der Waals surface area contributed by atoms with Crippen LogP contribution in [-0.4, -0.2) is 64.2 Å². The summed E-state index contributed by atoms with van der Waals surface area (Å²) in [5.74, 6) is -2.27. The zero-order valence-corrected chi connectivity index (χ0v) is 25.9. The van der Waals surface area contributed by atoms with Crippen molar-refractivity contribution in [2.24, 2.45) is 5.41 Å². The van der Waals surface area contributed by atoms with Gasteiger partial charge < -0.3 is 14.6 Å². The van der Waals surface area contributed by atoms with Gasteiger partial charge in [-0.25, -0.2) is 13.8 Å². The fourth-order valence-electron chi connectivity index (χ4n) is 6.27. The molecule has 3 aromatic heterocycles. The van der Waals surface area contributed by atoms with Crippen molar-refractivity contribution in [1.29, 1.82) is 0 Å². The summed E-state index contributed by atoms with van der Waals surface area (Å²) in [7, 11) is -1.24. The molecule has 8 nitrogen and oxygen atoms in total. The second-order valence-electron chi connectivity index (χ2n) is 13.6. The average molecular weight is 595 g/mol. The summed E-state index contributed by atoms with van der Waals surface area (Å²) in [4.78, 5) is 20.0. The van der Waals surface area contributed by atoms with Crippen molar-refractivity contribution in [1.82, 2.24) is 24.6 Å². The van der Waals surface area contributed by atoms with Crippen LogP contribution in [0.2, 0.25) is 25.7 Å². The number of nitrogens with one attached hydrogen (secondary N) is 2. The highest BCUT2D eigenvalue weighted by molar-refractivity contribution is 6.76. The van der Waals surface area contributed by atoms with Gasteiger partial charge in [0.1, 0.15) is 12.5 Å². The molecule has 2 N–H and O–H groups in total. The number of alkyl halides is 2. The molecule has 2 aliphatic rings. The molecule has 4 heterocycles. The lowest BCUT2D eigenvalue weighted by molar-refractivity contribution is -0.115. The molecule has 224 valence electrons. The number of hydrogen-bond acceptors (Lipinski definition) is 5. The third-order valence-corrected chi connectivity index (χ3v) is 10.6. The number of aromatic nitrogens is 4. The number of carbonyl (C=O) groups excluding carboxylic acids is 1. The molecule has 1 saturated carbocycles. The second kappa shape index (κ2) is 10.8. The summed E-state index contributed by atoms with van der Waals surface area (Å²) < 4.78 is 35.9. The highest BCUT2D eigenvalue weighted by Gasteiger charge is 2.49. The Labute approximate surface area is 245 Å². The number of fused-ring (bicyclic) bond motifs is 2. The largest absolute Gasteiger partial charge is 0.361 e. The molecule has 2 fully saturated rings. The topological polar surface area (TPSA) is 88.1 Å². The van der Waals surface area contributed by atoms with Crippen molar-refractivity contribution in [3.05, 3.63) is 53.5 Å². The number of aryl methyl sites for hydroxylation is 1. The quantitative estimate of drug-likeness (QED) is 0.164. The van der Waals surface area contributed by atoms with E-state index in [0.717, 1.165) is 58.9 Å². The first-order valence-corrected chi connectivity index (χ1v) is 18.5. The van der Waals surface area contributed by atoms with E-state index < -0.39 is 14.0 Å². The maximum absolute atomic E-state index is 13.8. The number of aromatic amines is 1. The maximum Gasteiger partial charge on any atom is 0.256 e. The number of H-pyrrole nitrogens is 1. The number of benzene rings is 1. The predicted molar refractivity (Wildman–Crippen MR) is 164 cm³/mol. The van der Waals surface area contributed by atoms with Crippen LogP contribution in [0, 0.1) is 12.3 Å². The Hall–Kier alpha value is -3.15. The normalized spacial score (nSPS) is 18.5. The minimum Gasteiger partial charge on any atom is -0.361 e. The summed E-state index contributed by atoms with van der Waals surface area (Å²) in [6, 6.07) is 10.5. The van der Waals surface area contributed by atoms with E-state index in [4.69, 9.17) is 4.74 Å². The molecule has 0 atom stereocenters. The average Bonchev–Trinajstić information content (AvgIpc) is 3.45. The minimum atomic E-state index is -2.50. The van der Waals surface area contributed by atoms with Crippen LogP contribution in [0.1, 0.15) is 47.4 Å². The maximum atomic E-state index is 13.8. The molecule has 0 bridgehead atoms. The van der Waals surface area contributed by atoms with Crippen LogP contribution in [-0.2, 0) is 18.0 Å². The van der Waals surface area contributed by atoms with Crippen LogP contribution in [0.25, 0.3) is 21.8 Å². The van der Waals surface area contributed by atoms with Gasteiger partial charge in [0.05, 0.1) is 11.0 Å². The lowest BCUT2D eigenvalue weighted by atomic mass is 9.67. The Morgan fingerprint density at radius 2 is 1.88 bits per heavy atom. The summed E-state index contributed by atoms with van der Waals surface area (Å²) in [6.07, 6.45) is 2.99. The van der Waals surface area contributed by atoms with Gasteiger partial charge in [-0.05, 0) is 55.5 Å². The zero-order valence-electron chi connectivity index (χ0n) is 24.9. The summed E-state index contributed by atoms with van der Waals surface area (Å²) in [6.45, 7) is 12.4. The third kappa shape index (κ3) is 6.14. The van der Waals surface area contributed by atoms with E-state index in [-0.39, 0.29) is 24.2 Å². The van der Waals surface area contributed by atoms with Crippen molar-refractivity contribution in [3.8, 4) is 0 Å². The summed E-state index contributed by atoms with van der Waals surface area (Å²) in [5.41, 5.74) is 4.33. The Morgan fingerprint density at radius 1 is 1.12 bits per heavy atom. The SMILES string of the molecule is Cc1[nH]nc2ccc(C(=O)Nc3cc4c(cn3)cc(CN3CC5(CCC(F)(F)CC5)C3)n4COCC[Si](C)(C)C)cc12. The number of nitrogens with zero attached hydrogens (tertiary/aromatic N) is 4. The number of pyridine rings is 1. The van der Waals surface area contributed by atoms with E-state index in [2.05, 4.69) is 55.7 Å². The zero-order chi connectivity index (χ0) is 29.7. The molecule has 1 aliphatic carbocycles. The van der Waals surface area contributed by atoms with Crippen LogP contribution in [0.3, 0.4) is 0 Å². The van der Waals surface area contributed by atoms with Crippen molar-refractivity contribution in [2.75, 3.05) is 25.0 Å². The van der Waals surface area contributed by atoms with E-state index in [1.54, 1.807) is 12.3 Å². The lowest BCUT2D eigenvalue weighted by Gasteiger charge is -2.53. The summed E-state index contributed by atoms with van der Waals surface area (Å²) >= 11 is 0. The molecule has 1 amide bonds. The van der Waals surface area contributed by atoms with E-state index in [1.165, 1.54) is 0 Å². The first-order valence-electron chi connectivity index (χ1n) is 14.8. The number of anilines is 1. The van der Waals surface area contributed by atoms with Gasteiger partial charge in [0, 0.05) is 87.1 Å². The van der Waals surface area contributed by atoms with Gasteiger partial charge >= 0.3 is 0 Å².